The van der Waals surface area contributed by atoms with Gasteiger partial charge in [-0.15, -0.1) is 0 Å². The van der Waals surface area contributed by atoms with Crippen LogP contribution in [0.4, 0.5) is 14.4 Å². The lowest BCUT2D eigenvalue weighted by Gasteiger charge is -2.46. The van der Waals surface area contributed by atoms with Crippen molar-refractivity contribution in [3.63, 3.8) is 0 Å². The van der Waals surface area contributed by atoms with Gasteiger partial charge in [0.1, 0.15) is 46.2 Å². The van der Waals surface area contributed by atoms with E-state index in [-0.39, 0.29) is 130 Å². The van der Waals surface area contributed by atoms with Crippen LogP contribution in [0.1, 0.15) is 165 Å². The molecule has 0 aromatic rings. The van der Waals surface area contributed by atoms with Gasteiger partial charge in [0.2, 0.25) is 0 Å². The monoisotopic (exact) mass is 1770 g/mol. The topological polar surface area (TPSA) is 330 Å². The molecule has 0 aromatic heterocycles. The van der Waals surface area contributed by atoms with Crippen LogP contribution in [0, 0.1) is 27.6 Å². The van der Waals surface area contributed by atoms with E-state index < -0.39 is 80.1 Å². The van der Waals surface area contributed by atoms with Gasteiger partial charge >= 0.3 is 48.1 Å². The molecule has 2 rings (SSSR count). The molecule has 0 radical (unpaired) electrons. The number of carbonyl (C=O) groups excluding carboxylic acids is 8. The van der Waals surface area contributed by atoms with Crippen LogP contribution >= 0.6 is 0 Å². The van der Waals surface area contributed by atoms with Crippen molar-refractivity contribution in [2.75, 3.05) is 145 Å². The second-order valence-corrected chi connectivity index (χ2v) is 64.5. The molecule has 3 amide bonds. The van der Waals surface area contributed by atoms with E-state index in [4.69, 9.17) is 78.7 Å². The maximum Gasteiger partial charge on any atom is 0.407 e. The first-order chi connectivity index (χ1) is 54.5. The number of esters is 5. The standard InChI is InChI=1S/C83H159N3O25Si6/c1-68(2)75(90)104-40-23-30-72(87)101-48-42-95-34-24-54-112(11,12)109-114(15,16)56-26-36-97-44-50-103-74(89)60-70-61-80(5,6)66-83(10,62-70)67-85-78(93)107-52-46-99-38-28-58-116(19,20)110-113(13,14)55-25-35-96-43-49-102-73(88)31-32-82(9)64-71(63-81(7,8)65-82)86-79(94)108-53-47-100-39-29-59-117(21,22)111-115(17,18)57-27-37-98-45-51-106-77(92)84-33-41-105-76(91)69(3)4/h70-71H,1,3,23-67H2,2,4-22H3,(H,84,92)(H,85,93)(H,86,94). The third-order valence-corrected chi connectivity index (χ3v) is 42.9. The summed E-state index contributed by atoms with van der Waals surface area (Å²) in [6, 6.07) is 5.60. The van der Waals surface area contributed by atoms with Gasteiger partial charge in [0.25, 0.3) is 0 Å². The van der Waals surface area contributed by atoms with Crippen LogP contribution < -0.4 is 16.0 Å². The highest BCUT2D eigenvalue weighted by atomic mass is 28.4. The number of rotatable bonds is 65. The molecule has 0 aliphatic heterocycles. The SMILES string of the molecule is C=C(C)C(=O)OCCCC(=O)OCCOCCC[Si](C)(C)O[Si](C)(C)CCCOCCOC(=O)CC1CC(C)(C)CC(C)(CNC(=O)OCCOCCC[Si](C)(C)O[Si](C)(C)CCCOCCOC(=O)CCC2(C)CC(NC(=O)OCCOCCC[Si](C)(C)O[Si](C)(C)CCCOCCOC(=O)NCCOC(=O)C(=C)C)CC(C)(C)C2)C1. The molecule has 0 heterocycles. The van der Waals surface area contributed by atoms with Crippen LogP contribution in [0.5, 0.6) is 0 Å². The van der Waals surface area contributed by atoms with Gasteiger partial charge in [-0.1, -0.05) is 54.7 Å². The zero-order valence-corrected chi connectivity index (χ0v) is 82.1. The van der Waals surface area contributed by atoms with E-state index in [1.54, 1.807) is 13.8 Å². The van der Waals surface area contributed by atoms with Crippen molar-refractivity contribution in [1.29, 1.82) is 0 Å². The number of alkyl carbamates (subject to hydrolysis) is 3. The first kappa shape index (κ1) is 109. The van der Waals surface area contributed by atoms with Gasteiger partial charge in [-0.25, -0.2) is 24.0 Å². The van der Waals surface area contributed by atoms with Crippen molar-refractivity contribution in [2.45, 2.75) is 285 Å². The quantitative estimate of drug-likeness (QED) is 0.0167. The van der Waals surface area contributed by atoms with E-state index >= 15 is 0 Å². The number of hydrogen-bond acceptors (Lipinski definition) is 25. The Morgan fingerprint density at radius 2 is 0.675 bits per heavy atom. The van der Waals surface area contributed by atoms with Crippen molar-refractivity contribution in [3.8, 4) is 0 Å². The van der Waals surface area contributed by atoms with Crippen LogP contribution in [-0.2, 0) is 103 Å². The van der Waals surface area contributed by atoms with Gasteiger partial charge in [-0.05, 0) is 246 Å². The molecule has 0 spiro atoms. The summed E-state index contributed by atoms with van der Waals surface area (Å²) < 4.78 is 97.9. The summed E-state index contributed by atoms with van der Waals surface area (Å²) >= 11 is 0. The zero-order chi connectivity index (χ0) is 87.9. The average Bonchev–Trinajstić information content (AvgIpc) is 0.801. The smallest absolute Gasteiger partial charge is 0.407 e. The van der Waals surface area contributed by atoms with Crippen LogP contribution in [0.3, 0.4) is 0 Å². The highest BCUT2D eigenvalue weighted by Crippen LogP contribution is 2.50. The summed E-state index contributed by atoms with van der Waals surface area (Å²) in [7, 11) is -11.8. The van der Waals surface area contributed by atoms with Crippen LogP contribution in [0.15, 0.2) is 24.3 Å². The molecule has 3 N–H and O–H groups in total. The van der Waals surface area contributed by atoms with Crippen LogP contribution in [0.2, 0.25) is 115 Å². The molecule has 34 heteroatoms. The van der Waals surface area contributed by atoms with Crippen LogP contribution in [0.25, 0.3) is 0 Å². The highest BCUT2D eigenvalue weighted by Gasteiger charge is 2.44. The largest absolute Gasteiger partial charge is 0.463 e. The normalized spacial score (nSPS) is 18.4. The third kappa shape index (κ3) is 56.8. The maximum absolute atomic E-state index is 13.1. The molecule has 4 atom stereocenters. The summed E-state index contributed by atoms with van der Waals surface area (Å²) in [6.07, 6.45) is 10.4. The Morgan fingerprint density at radius 3 is 1.07 bits per heavy atom. The van der Waals surface area contributed by atoms with Crippen molar-refractivity contribution in [1.82, 2.24) is 16.0 Å². The number of ether oxygens (including phenoxy) is 14. The fourth-order valence-corrected chi connectivity index (χ4v) is 42.8. The van der Waals surface area contributed by atoms with Gasteiger partial charge in [0.05, 0.1) is 52.8 Å². The molecule has 28 nitrogen and oxygen atoms in total. The summed E-state index contributed by atoms with van der Waals surface area (Å²) in [6.45, 7) is 57.2. The van der Waals surface area contributed by atoms with E-state index in [1.807, 2.05) is 0 Å². The Balaban J connectivity index is 1.53. The summed E-state index contributed by atoms with van der Waals surface area (Å²) in [4.78, 5) is 98.5. The van der Waals surface area contributed by atoms with Crippen LogP contribution in [-0.4, -0.2) is 249 Å². The molecular weight excluding hydrogens is 1610 g/mol. The minimum Gasteiger partial charge on any atom is -0.463 e. The van der Waals surface area contributed by atoms with Crippen molar-refractivity contribution < 1.29 is 117 Å². The fourth-order valence-electron chi connectivity index (χ4n) is 16.4. The number of carbonyl (C=O) groups is 8. The Bertz CT molecular complexity index is 2770. The van der Waals surface area contributed by atoms with Gasteiger partial charge in [0, 0.05) is 82.6 Å². The van der Waals surface area contributed by atoms with E-state index in [1.165, 1.54) is 0 Å². The molecule has 0 saturated heterocycles. The Morgan fingerprint density at radius 1 is 0.342 bits per heavy atom. The Labute approximate surface area is 709 Å². The number of nitrogens with one attached hydrogen (secondary N) is 3. The van der Waals surface area contributed by atoms with E-state index in [0.717, 1.165) is 113 Å². The summed E-state index contributed by atoms with van der Waals surface area (Å²) in [5.41, 5.74) is 0.144. The molecule has 680 valence electrons. The van der Waals surface area contributed by atoms with Gasteiger partial charge < -0.3 is 94.6 Å². The van der Waals surface area contributed by atoms with Crippen molar-refractivity contribution in [2.24, 2.45) is 27.6 Å². The molecule has 0 aromatic carbocycles. The first-order valence-electron chi connectivity index (χ1n) is 43.0. The molecule has 0 bridgehead atoms. The molecule has 2 fully saturated rings. The van der Waals surface area contributed by atoms with E-state index in [9.17, 15) is 38.4 Å². The van der Waals surface area contributed by atoms with Crippen molar-refractivity contribution >= 4 is 98.0 Å². The third-order valence-electron chi connectivity index (χ3n) is 20.3. The van der Waals surface area contributed by atoms with Crippen molar-refractivity contribution in [3.05, 3.63) is 24.3 Å². The molecule has 2 aliphatic carbocycles. The lowest BCUT2D eigenvalue weighted by atomic mass is 9.60. The average molecular weight is 1770 g/mol. The van der Waals surface area contributed by atoms with E-state index in [0.29, 0.717) is 110 Å². The minimum atomic E-state index is -1.99. The lowest BCUT2D eigenvalue weighted by Crippen LogP contribution is -2.47. The predicted octanol–water partition coefficient (Wildman–Crippen LogP) is 16.1. The zero-order valence-electron chi connectivity index (χ0n) is 76.1. The predicted molar refractivity (Wildman–Crippen MR) is 469 cm³/mol. The minimum absolute atomic E-state index is 0.0233. The molecular formula is C83H159N3O25Si6. The fraction of sp³-hybridized carbons (Fsp3) is 0.855. The molecule has 4 unspecified atom stereocenters. The molecule has 2 aliphatic rings. The molecule has 2 saturated carbocycles. The second kappa shape index (κ2) is 55.7. The van der Waals surface area contributed by atoms with Gasteiger partial charge in [-0.3, -0.25) is 14.4 Å². The van der Waals surface area contributed by atoms with Gasteiger partial charge in [-0.2, -0.15) is 0 Å². The first-order valence-corrected chi connectivity index (χ1v) is 61.7. The molecule has 117 heavy (non-hydrogen) atoms. The number of hydrogen-bond donors (Lipinski definition) is 3. The lowest BCUT2D eigenvalue weighted by molar-refractivity contribution is -0.148. The summed E-state index contributed by atoms with van der Waals surface area (Å²) in [5.74, 6) is -1.69. The number of amides is 3. The summed E-state index contributed by atoms with van der Waals surface area (Å²) in [5, 5.41) is 8.61. The van der Waals surface area contributed by atoms with E-state index in [2.05, 4.69) is 149 Å². The maximum atomic E-state index is 13.1. The Kier molecular flexibility index (Phi) is 51.7. The highest BCUT2D eigenvalue weighted by molar-refractivity contribution is 6.86. The Hall–Kier alpha value is -4.42. The van der Waals surface area contributed by atoms with Gasteiger partial charge in [0.15, 0.2) is 49.9 Å². The second-order valence-electron chi connectivity index (χ2n) is 38.0.